The van der Waals surface area contributed by atoms with Gasteiger partial charge in [-0.25, -0.2) is 26.3 Å². The summed E-state index contributed by atoms with van der Waals surface area (Å²) < 4.78 is 157. The monoisotopic (exact) mass is 920 g/mol. The van der Waals surface area contributed by atoms with E-state index < -0.39 is 95.7 Å². The number of alkyl halides is 6. The molecule has 0 fully saturated rings. The first kappa shape index (κ1) is 50.0. The highest BCUT2D eigenvalue weighted by molar-refractivity contribution is 5.85. The van der Waals surface area contributed by atoms with E-state index in [0.717, 1.165) is 9.13 Å². The van der Waals surface area contributed by atoms with Crippen molar-refractivity contribution in [1.29, 1.82) is 0 Å². The zero-order valence-corrected chi connectivity index (χ0v) is 31.9. The largest absolute Gasteiger partial charge is 0.481 e. The molecular weight excluding hydrogens is 892 g/mol. The molecule has 0 saturated heterocycles. The van der Waals surface area contributed by atoms with Gasteiger partial charge in [0.2, 0.25) is 17.6 Å². The smallest absolute Gasteiger partial charge is 0.451 e. The van der Waals surface area contributed by atoms with Crippen molar-refractivity contribution >= 4 is 24.3 Å². The predicted molar refractivity (Wildman–Crippen MR) is 187 cm³/mol. The number of hydrogen-bond acceptors (Lipinski definition) is 9. The zero-order valence-electron chi connectivity index (χ0n) is 31.1. The molecule has 2 aromatic carbocycles. The number of rotatable bonds is 10. The van der Waals surface area contributed by atoms with Gasteiger partial charge in [0.05, 0.1) is 31.6 Å². The van der Waals surface area contributed by atoms with Crippen molar-refractivity contribution in [3.63, 3.8) is 0 Å². The van der Waals surface area contributed by atoms with Gasteiger partial charge in [0.25, 0.3) is 0 Å². The number of carboxylic acids is 1. The molecule has 0 radical (unpaired) electrons. The van der Waals surface area contributed by atoms with E-state index in [9.17, 15) is 62.3 Å². The Labute approximate surface area is 345 Å². The standard InChI is InChI=1S/C16H13F6N7O.C10H8F3N3O2.C6H7F3N4.ClH/c17-10-6-12(19)11(18)4-8(10)3-9(24-27-23)5-14(30)28-1-2-29-13(7-28)25-26-15(29)16(20,21)22;11-7-4-9(13)8(12)2-5(7)1-6(15-16-14)3-10(17)18;7-6(8,9)5-12-11-4-3-10-1-2-13(4)5;/h4,6,9H,1-3,5,7H2;2,4,6H,1,3H2,(H,17,18);10H,1-3H2;1H/t9-;6-;;/m11../s1. The number of carbonyl (C=O) groups is 2. The molecule has 336 valence electrons. The van der Waals surface area contributed by atoms with Gasteiger partial charge in [-0.1, -0.05) is 10.2 Å². The van der Waals surface area contributed by atoms with Gasteiger partial charge >= 0.3 is 18.3 Å². The van der Waals surface area contributed by atoms with E-state index in [1.165, 1.54) is 4.90 Å². The van der Waals surface area contributed by atoms with E-state index in [1.807, 2.05) is 0 Å². The van der Waals surface area contributed by atoms with Crippen LogP contribution < -0.4 is 5.32 Å². The van der Waals surface area contributed by atoms with Gasteiger partial charge in [0.15, 0.2) is 29.1 Å². The molecule has 4 heterocycles. The Morgan fingerprint density at radius 2 is 1.15 bits per heavy atom. The molecule has 2 aliphatic heterocycles. The second-order valence-electron chi connectivity index (χ2n) is 12.8. The van der Waals surface area contributed by atoms with Crippen molar-refractivity contribution in [2.45, 2.75) is 76.3 Å². The fourth-order valence-electron chi connectivity index (χ4n) is 5.82. The molecule has 30 heteroatoms. The lowest BCUT2D eigenvalue weighted by Gasteiger charge is -2.29. The van der Waals surface area contributed by atoms with Crippen LogP contribution in [-0.2, 0) is 61.0 Å². The van der Waals surface area contributed by atoms with Gasteiger partial charge in [-0.05, 0) is 47.2 Å². The van der Waals surface area contributed by atoms with Gasteiger partial charge in [-0.2, -0.15) is 26.3 Å². The highest BCUT2D eigenvalue weighted by atomic mass is 35.5. The number of nitrogens with one attached hydrogen (secondary N) is 1. The normalized spacial score (nSPS) is 14.2. The van der Waals surface area contributed by atoms with Crippen molar-refractivity contribution in [2.75, 3.05) is 13.1 Å². The summed E-state index contributed by atoms with van der Waals surface area (Å²) >= 11 is 0. The summed E-state index contributed by atoms with van der Waals surface area (Å²) in [5.41, 5.74) is 16.4. The van der Waals surface area contributed by atoms with Crippen molar-refractivity contribution in [3.8, 4) is 0 Å². The van der Waals surface area contributed by atoms with Crippen LogP contribution >= 0.6 is 12.4 Å². The molecule has 4 aromatic rings. The number of azide groups is 2. The number of halogens is 13. The minimum atomic E-state index is -4.68. The Balaban J connectivity index is 0.000000271. The van der Waals surface area contributed by atoms with Gasteiger partial charge in [-0.3, -0.25) is 9.59 Å². The van der Waals surface area contributed by atoms with E-state index in [4.69, 9.17) is 16.2 Å². The molecule has 0 spiro atoms. The number of hydrogen-bond donors (Lipinski definition) is 2. The van der Waals surface area contributed by atoms with Crippen molar-refractivity contribution in [3.05, 3.63) is 114 Å². The van der Waals surface area contributed by atoms with E-state index in [1.54, 1.807) is 0 Å². The molecule has 2 N–H and O–H groups in total. The van der Waals surface area contributed by atoms with Crippen molar-refractivity contribution in [1.82, 2.24) is 39.7 Å². The molecule has 1 amide bonds. The topological polar surface area (TPSA) is 229 Å². The number of carboxylic acid groups (broad SMARTS) is 1. The zero-order chi connectivity index (χ0) is 45.2. The molecule has 0 unspecified atom stereocenters. The van der Waals surface area contributed by atoms with Crippen LogP contribution in [0.2, 0.25) is 0 Å². The van der Waals surface area contributed by atoms with E-state index in [0.29, 0.717) is 43.2 Å². The number of carbonyl (C=O) groups excluding carboxylic acids is 1. The summed E-state index contributed by atoms with van der Waals surface area (Å²) in [6.45, 7) is 0.640. The van der Waals surface area contributed by atoms with Gasteiger partial charge < -0.3 is 24.5 Å². The lowest BCUT2D eigenvalue weighted by atomic mass is 10.0. The molecule has 0 aliphatic carbocycles. The van der Waals surface area contributed by atoms with Crippen molar-refractivity contribution < 1.29 is 67.4 Å². The van der Waals surface area contributed by atoms with Crippen LogP contribution in [0.5, 0.6) is 0 Å². The lowest BCUT2D eigenvalue weighted by molar-refractivity contribution is -0.148. The molecule has 62 heavy (non-hydrogen) atoms. The van der Waals surface area contributed by atoms with Crippen LogP contribution in [0.25, 0.3) is 20.9 Å². The molecule has 2 atom stereocenters. The summed E-state index contributed by atoms with van der Waals surface area (Å²) in [5.74, 6) is -11.0. The second-order valence-corrected chi connectivity index (χ2v) is 12.8. The molecule has 0 saturated carbocycles. The minimum absolute atomic E-state index is 0. The SMILES string of the molecule is Cl.FC(F)(F)c1nnc2n1CCNC2.[N-]=[N+]=N[C@@H](CC(=O)N1CCn2c(nnc2C(F)(F)F)C1)Cc1cc(F)c(F)cc1F.[N-]=[N+]=N[C@@H](CC(=O)O)Cc1cc(F)c(F)cc1F. The summed E-state index contributed by atoms with van der Waals surface area (Å²) in [4.78, 5) is 29.2. The Kier molecular flexibility index (Phi) is 17.3. The number of fused-ring (bicyclic) bond motifs is 2. The van der Waals surface area contributed by atoms with Gasteiger partial charge in [0, 0.05) is 54.6 Å². The van der Waals surface area contributed by atoms with E-state index >= 15 is 0 Å². The van der Waals surface area contributed by atoms with Gasteiger partial charge in [-0.15, -0.1) is 32.8 Å². The molecular formula is C32H29ClF12N14O3. The molecule has 2 aromatic heterocycles. The van der Waals surface area contributed by atoms with Crippen LogP contribution in [0.4, 0.5) is 52.7 Å². The van der Waals surface area contributed by atoms with E-state index in [2.05, 4.69) is 45.8 Å². The number of aliphatic carboxylic acids is 1. The third-order valence-corrected chi connectivity index (χ3v) is 8.58. The third-order valence-electron chi connectivity index (χ3n) is 8.58. The van der Waals surface area contributed by atoms with Crippen LogP contribution in [0.15, 0.2) is 34.5 Å². The molecule has 0 bridgehead atoms. The first-order valence-corrected chi connectivity index (χ1v) is 17.2. The maximum atomic E-state index is 13.8. The fraction of sp³-hybridized carbons (Fsp3) is 0.438. The maximum absolute atomic E-state index is 13.8. The average molecular weight is 921 g/mol. The number of nitrogens with zero attached hydrogens (tertiary/aromatic N) is 13. The molecule has 17 nitrogen and oxygen atoms in total. The quantitative estimate of drug-likeness (QED) is 0.0552. The first-order chi connectivity index (χ1) is 28.6. The van der Waals surface area contributed by atoms with Crippen LogP contribution in [0, 0.1) is 34.9 Å². The summed E-state index contributed by atoms with van der Waals surface area (Å²) in [6, 6.07) is -0.253. The highest BCUT2D eigenvalue weighted by Gasteiger charge is 2.40. The molecule has 2 aliphatic rings. The minimum Gasteiger partial charge on any atom is -0.481 e. The van der Waals surface area contributed by atoms with Crippen LogP contribution in [-0.4, -0.2) is 76.6 Å². The summed E-state index contributed by atoms with van der Waals surface area (Å²) in [5, 5.41) is 31.2. The Hall–Kier alpha value is -6.31. The summed E-state index contributed by atoms with van der Waals surface area (Å²) in [6.07, 6.45) is -10.7. The number of amides is 1. The molecule has 6 rings (SSSR count). The number of aromatic nitrogens is 6. The number of benzene rings is 2. The predicted octanol–water partition coefficient (Wildman–Crippen LogP) is 6.99. The third kappa shape index (κ3) is 13.3. The second kappa shape index (κ2) is 21.5. The fourth-order valence-corrected chi connectivity index (χ4v) is 5.82. The highest BCUT2D eigenvalue weighted by Crippen LogP contribution is 2.30. The van der Waals surface area contributed by atoms with Crippen LogP contribution in [0.1, 0.15) is 47.3 Å². The summed E-state index contributed by atoms with van der Waals surface area (Å²) in [7, 11) is 0. The van der Waals surface area contributed by atoms with Crippen molar-refractivity contribution in [2.24, 2.45) is 10.2 Å². The van der Waals surface area contributed by atoms with E-state index in [-0.39, 0.29) is 68.4 Å². The van der Waals surface area contributed by atoms with Gasteiger partial charge in [0.1, 0.15) is 17.5 Å². The maximum Gasteiger partial charge on any atom is 0.451 e. The Morgan fingerprint density at radius 3 is 1.61 bits per heavy atom. The first-order valence-electron chi connectivity index (χ1n) is 17.2. The lowest BCUT2D eigenvalue weighted by Crippen LogP contribution is -2.40. The Morgan fingerprint density at radius 1 is 0.694 bits per heavy atom. The average Bonchev–Trinajstić information content (AvgIpc) is 3.82. The van der Waals surface area contributed by atoms with Crippen LogP contribution in [0.3, 0.4) is 0 Å². The Bertz CT molecular complexity index is 2330.